The van der Waals surface area contributed by atoms with Crippen molar-refractivity contribution in [2.45, 2.75) is 52.9 Å². The Kier molecular flexibility index (Phi) is 7.01. The number of aryl methyl sites for hydroxylation is 1. The van der Waals surface area contributed by atoms with E-state index in [1.165, 1.54) is 5.56 Å². The average Bonchev–Trinajstić information content (AvgIpc) is 2.41. The van der Waals surface area contributed by atoms with Gasteiger partial charge in [-0.25, -0.2) is 0 Å². The third-order valence-electron chi connectivity index (χ3n) is 3.34. The van der Waals surface area contributed by atoms with Gasteiger partial charge in [-0.3, -0.25) is 0 Å². The lowest BCUT2D eigenvalue weighted by atomic mass is 9.91. The molecule has 0 aliphatic heterocycles. The Balaban J connectivity index is 3.09. The Bertz CT molecular complexity index is 424. The van der Waals surface area contributed by atoms with Crippen LogP contribution in [0.3, 0.4) is 0 Å². The summed E-state index contributed by atoms with van der Waals surface area (Å²) >= 11 is 6.28. The molecule has 0 fully saturated rings. The summed E-state index contributed by atoms with van der Waals surface area (Å²) < 4.78 is 5.90. The number of hydrogen-bond acceptors (Lipinski definition) is 1. The van der Waals surface area contributed by atoms with Crippen LogP contribution in [-0.4, -0.2) is 6.61 Å². The highest BCUT2D eigenvalue weighted by atomic mass is 35.5. The van der Waals surface area contributed by atoms with Crippen molar-refractivity contribution < 1.29 is 4.74 Å². The smallest absolute Gasteiger partial charge is 0.123 e. The lowest BCUT2D eigenvalue weighted by molar-refractivity contribution is 0.311. The van der Waals surface area contributed by atoms with Crippen LogP contribution in [0.15, 0.2) is 24.3 Å². The number of allylic oxidation sites excluding steroid dienone is 2. The van der Waals surface area contributed by atoms with E-state index >= 15 is 0 Å². The molecule has 0 radical (unpaired) electrons. The zero-order valence-electron chi connectivity index (χ0n) is 12.5. The quantitative estimate of drug-likeness (QED) is 0.565. The zero-order chi connectivity index (χ0) is 14.3. The van der Waals surface area contributed by atoms with E-state index in [9.17, 15) is 0 Å². The van der Waals surface area contributed by atoms with E-state index in [-0.39, 0.29) is 0 Å². The first-order valence-electron chi connectivity index (χ1n) is 7.17. The molecule has 1 rings (SSSR count). The summed E-state index contributed by atoms with van der Waals surface area (Å²) in [6.07, 6.45) is 7.46. The third kappa shape index (κ3) is 4.58. The summed E-state index contributed by atoms with van der Waals surface area (Å²) in [6.45, 7) is 9.18. The second-order valence-electron chi connectivity index (χ2n) is 4.90. The van der Waals surface area contributed by atoms with Gasteiger partial charge in [-0.15, -0.1) is 0 Å². The number of ether oxygens (including phenoxy) is 1. The minimum Gasteiger partial charge on any atom is -0.493 e. The SMILES string of the molecule is C/C=C\CC(CC)c1cc(Cl)c(C)cc1OCCC. The molecule has 0 heterocycles. The van der Waals surface area contributed by atoms with Gasteiger partial charge in [0.05, 0.1) is 6.61 Å². The molecule has 0 aliphatic carbocycles. The van der Waals surface area contributed by atoms with Crippen molar-refractivity contribution in [2.24, 2.45) is 0 Å². The lowest BCUT2D eigenvalue weighted by Crippen LogP contribution is -2.04. The van der Waals surface area contributed by atoms with Crippen LogP contribution in [0.4, 0.5) is 0 Å². The maximum Gasteiger partial charge on any atom is 0.123 e. The fraction of sp³-hybridized carbons (Fsp3) is 0.529. The predicted octanol–water partition coefficient (Wildman–Crippen LogP) is 5.90. The third-order valence-corrected chi connectivity index (χ3v) is 3.75. The first-order valence-corrected chi connectivity index (χ1v) is 7.55. The van der Waals surface area contributed by atoms with Gasteiger partial charge in [0, 0.05) is 5.02 Å². The van der Waals surface area contributed by atoms with Crippen molar-refractivity contribution in [3.63, 3.8) is 0 Å². The molecule has 1 unspecified atom stereocenters. The fourth-order valence-corrected chi connectivity index (χ4v) is 2.31. The van der Waals surface area contributed by atoms with E-state index in [1.807, 2.05) is 6.92 Å². The van der Waals surface area contributed by atoms with Crippen LogP contribution in [0.25, 0.3) is 0 Å². The monoisotopic (exact) mass is 280 g/mol. The second kappa shape index (κ2) is 8.27. The van der Waals surface area contributed by atoms with Gasteiger partial charge in [0.2, 0.25) is 0 Å². The molecule has 0 saturated carbocycles. The number of halogens is 1. The largest absolute Gasteiger partial charge is 0.493 e. The van der Waals surface area contributed by atoms with Crippen LogP contribution in [0.2, 0.25) is 5.02 Å². The van der Waals surface area contributed by atoms with Crippen molar-refractivity contribution in [1.29, 1.82) is 0 Å². The molecule has 1 atom stereocenters. The molecule has 106 valence electrons. The topological polar surface area (TPSA) is 9.23 Å². The van der Waals surface area contributed by atoms with Gasteiger partial charge in [-0.1, -0.05) is 37.6 Å². The normalized spacial score (nSPS) is 12.9. The van der Waals surface area contributed by atoms with Gasteiger partial charge in [0.15, 0.2) is 0 Å². The van der Waals surface area contributed by atoms with Gasteiger partial charge < -0.3 is 4.74 Å². The fourth-order valence-electron chi connectivity index (χ4n) is 2.14. The molecule has 1 aromatic carbocycles. The Morgan fingerprint density at radius 1 is 1.32 bits per heavy atom. The van der Waals surface area contributed by atoms with E-state index in [2.05, 4.69) is 45.1 Å². The molecule has 0 aromatic heterocycles. The Hall–Kier alpha value is -0.950. The summed E-state index contributed by atoms with van der Waals surface area (Å²) in [5.41, 5.74) is 2.32. The molecule has 2 heteroatoms. The molecule has 0 amide bonds. The molecule has 0 N–H and O–H groups in total. The Morgan fingerprint density at radius 3 is 2.63 bits per heavy atom. The molecule has 0 saturated heterocycles. The Morgan fingerprint density at radius 2 is 2.05 bits per heavy atom. The number of benzene rings is 1. The molecular formula is C17H25ClO. The summed E-state index contributed by atoms with van der Waals surface area (Å²) in [5.74, 6) is 1.47. The van der Waals surface area contributed by atoms with Gasteiger partial charge in [-0.2, -0.15) is 0 Å². The van der Waals surface area contributed by atoms with Crippen LogP contribution in [-0.2, 0) is 0 Å². The van der Waals surface area contributed by atoms with E-state index in [0.29, 0.717) is 5.92 Å². The van der Waals surface area contributed by atoms with E-state index in [1.54, 1.807) is 0 Å². The maximum atomic E-state index is 6.28. The summed E-state index contributed by atoms with van der Waals surface area (Å²) in [6, 6.07) is 4.16. The van der Waals surface area contributed by atoms with Gasteiger partial charge in [0.1, 0.15) is 5.75 Å². The minimum atomic E-state index is 0.473. The molecule has 1 nitrogen and oxygen atoms in total. The average molecular weight is 281 g/mol. The van der Waals surface area contributed by atoms with Crippen LogP contribution in [0.1, 0.15) is 57.1 Å². The zero-order valence-corrected chi connectivity index (χ0v) is 13.3. The second-order valence-corrected chi connectivity index (χ2v) is 5.30. The predicted molar refractivity (Wildman–Crippen MR) is 84.4 cm³/mol. The van der Waals surface area contributed by atoms with Gasteiger partial charge >= 0.3 is 0 Å². The highest BCUT2D eigenvalue weighted by Crippen LogP contribution is 2.35. The van der Waals surface area contributed by atoms with Crippen molar-refractivity contribution in [3.8, 4) is 5.75 Å². The van der Waals surface area contributed by atoms with Crippen molar-refractivity contribution in [2.75, 3.05) is 6.61 Å². The standard InChI is InChI=1S/C17H25ClO/c1-5-8-9-14(7-3)15-12-16(18)13(4)11-17(15)19-10-6-2/h5,8,11-12,14H,6-7,9-10H2,1-4H3/b8-5-. The Labute approximate surface area is 122 Å². The first kappa shape index (κ1) is 16.1. The van der Waals surface area contributed by atoms with E-state index in [4.69, 9.17) is 16.3 Å². The minimum absolute atomic E-state index is 0.473. The summed E-state index contributed by atoms with van der Waals surface area (Å²) in [5, 5.41) is 0.831. The van der Waals surface area contributed by atoms with Gasteiger partial charge in [0.25, 0.3) is 0 Å². The van der Waals surface area contributed by atoms with E-state index in [0.717, 1.165) is 42.2 Å². The molecular weight excluding hydrogens is 256 g/mol. The highest BCUT2D eigenvalue weighted by Gasteiger charge is 2.15. The van der Waals surface area contributed by atoms with Crippen LogP contribution in [0, 0.1) is 6.92 Å². The van der Waals surface area contributed by atoms with Crippen LogP contribution < -0.4 is 4.74 Å². The summed E-state index contributed by atoms with van der Waals surface area (Å²) in [7, 11) is 0. The van der Waals surface area contributed by atoms with Crippen LogP contribution in [0.5, 0.6) is 5.75 Å². The molecule has 0 bridgehead atoms. The maximum absolute atomic E-state index is 6.28. The van der Waals surface area contributed by atoms with Crippen LogP contribution >= 0.6 is 11.6 Å². The number of rotatable bonds is 7. The van der Waals surface area contributed by atoms with Crippen molar-refractivity contribution in [1.82, 2.24) is 0 Å². The highest BCUT2D eigenvalue weighted by molar-refractivity contribution is 6.31. The van der Waals surface area contributed by atoms with Crippen molar-refractivity contribution >= 4 is 11.6 Å². The van der Waals surface area contributed by atoms with E-state index < -0.39 is 0 Å². The first-order chi connectivity index (χ1) is 9.13. The summed E-state index contributed by atoms with van der Waals surface area (Å²) in [4.78, 5) is 0. The number of hydrogen-bond donors (Lipinski definition) is 0. The molecule has 1 aromatic rings. The molecule has 0 aliphatic rings. The molecule has 19 heavy (non-hydrogen) atoms. The lowest BCUT2D eigenvalue weighted by Gasteiger charge is -2.19. The van der Waals surface area contributed by atoms with Crippen molar-refractivity contribution in [3.05, 3.63) is 40.4 Å². The molecule has 0 spiro atoms. The van der Waals surface area contributed by atoms with Gasteiger partial charge in [-0.05, 0) is 62.3 Å².